The van der Waals surface area contributed by atoms with Gasteiger partial charge in [0.25, 0.3) is 0 Å². The van der Waals surface area contributed by atoms with Crippen LogP contribution < -0.4 is 5.32 Å². The highest BCUT2D eigenvalue weighted by Gasteiger charge is 2.34. The first-order valence-electron chi connectivity index (χ1n) is 9.24. The van der Waals surface area contributed by atoms with E-state index in [0.717, 1.165) is 27.9 Å². The number of likely N-dealkylation sites (tertiary alicyclic amines) is 1. The van der Waals surface area contributed by atoms with Gasteiger partial charge in [-0.2, -0.15) is 0 Å². The lowest BCUT2D eigenvalue weighted by molar-refractivity contribution is -0.128. The maximum atomic E-state index is 13.0. The Morgan fingerprint density at radius 2 is 1.78 bits per heavy atom. The Balaban J connectivity index is 1.59. The van der Waals surface area contributed by atoms with Crippen LogP contribution in [-0.4, -0.2) is 29.8 Å². The molecule has 1 unspecified atom stereocenters. The van der Waals surface area contributed by atoms with Crippen LogP contribution >= 0.6 is 0 Å². The monoisotopic (exact) mass is 368 g/mol. The Labute approximate surface area is 159 Å². The molecular formula is C22H25FN2O2. The number of aryl methyl sites for hydroxylation is 3. The molecule has 1 atom stereocenters. The van der Waals surface area contributed by atoms with E-state index >= 15 is 0 Å². The van der Waals surface area contributed by atoms with E-state index in [0.29, 0.717) is 19.5 Å². The van der Waals surface area contributed by atoms with E-state index in [1.165, 1.54) is 12.1 Å². The van der Waals surface area contributed by atoms with Crippen LogP contribution in [0.15, 0.2) is 36.4 Å². The Hall–Kier alpha value is -2.69. The van der Waals surface area contributed by atoms with E-state index in [4.69, 9.17) is 0 Å². The zero-order chi connectivity index (χ0) is 19.6. The van der Waals surface area contributed by atoms with Gasteiger partial charge in [-0.25, -0.2) is 4.39 Å². The van der Waals surface area contributed by atoms with Gasteiger partial charge in [-0.1, -0.05) is 29.8 Å². The van der Waals surface area contributed by atoms with Gasteiger partial charge in [0.05, 0.1) is 5.92 Å². The highest BCUT2D eigenvalue weighted by atomic mass is 19.1. The lowest BCUT2D eigenvalue weighted by Crippen LogP contribution is -2.30. The van der Waals surface area contributed by atoms with E-state index < -0.39 is 0 Å². The van der Waals surface area contributed by atoms with Gasteiger partial charge in [-0.05, 0) is 56.0 Å². The summed E-state index contributed by atoms with van der Waals surface area (Å²) in [5, 5.41) is 3.01. The molecular weight excluding hydrogens is 343 g/mol. The molecule has 0 aliphatic carbocycles. The maximum Gasteiger partial charge on any atom is 0.229 e. The van der Waals surface area contributed by atoms with Gasteiger partial charge in [0.15, 0.2) is 0 Å². The fraction of sp³-hybridized carbons (Fsp3) is 0.364. The Morgan fingerprint density at radius 3 is 2.41 bits per heavy atom. The number of rotatable bonds is 5. The second-order valence-corrected chi connectivity index (χ2v) is 7.38. The first-order valence-corrected chi connectivity index (χ1v) is 9.24. The Kier molecular flexibility index (Phi) is 5.59. The summed E-state index contributed by atoms with van der Waals surface area (Å²) in [7, 11) is 0. The van der Waals surface area contributed by atoms with Gasteiger partial charge < -0.3 is 10.2 Å². The molecule has 4 nitrogen and oxygen atoms in total. The summed E-state index contributed by atoms with van der Waals surface area (Å²) in [5.74, 6) is -0.724. The minimum Gasteiger partial charge on any atom is -0.342 e. The van der Waals surface area contributed by atoms with Crippen molar-refractivity contribution in [2.75, 3.05) is 18.4 Å². The molecule has 0 aromatic heterocycles. The van der Waals surface area contributed by atoms with E-state index in [2.05, 4.69) is 5.32 Å². The molecule has 1 aliphatic rings. The number of nitrogens with zero attached hydrogens (tertiary/aromatic N) is 1. The molecule has 1 saturated heterocycles. The van der Waals surface area contributed by atoms with Crippen molar-refractivity contribution in [1.82, 2.24) is 4.90 Å². The smallest absolute Gasteiger partial charge is 0.229 e. The summed E-state index contributed by atoms with van der Waals surface area (Å²) in [6, 6.07) is 10.4. The summed E-state index contributed by atoms with van der Waals surface area (Å²) < 4.78 is 13.0. The fourth-order valence-corrected chi connectivity index (χ4v) is 3.68. The van der Waals surface area contributed by atoms with Gasteiger partial charge in [-0.3, -0.25) is 9.59 Å². The number of carbonyl (C=O) groups excluding carboxylic acids is 2. The largest absolute Gasteiger partial charge is 0.342 e. The standard InChI is InChI=1S/C22H25FN2O2/c1-14-10-15(2)21(16(3)11-14)24-22(27)18-12-20(26)25(13-18)9-8-17-4-6-19(23)7-5-17/h4-7,10-11,18H,8-9,12-13H2,1-3H3,(H,24,27). The van der Waals surface area contributed by atoms with Crippen molar-refractivity contribution in [3.8, 4) is 0 Å². The molecule has 27 heavy (non-hydrogen) atoms. The van der Waals surface area contributed by atoms with Crippen LogP contribution in [0, 0.1) is 32.5 Å². The molecule has 1 aliphatic heterocycles. The predicted molar refractivity (Wildman–Crippen MR) is 104 cm³/mol. The molecule has 1 N–H and O–H groups in total. The predicted octanol–water partition coefficient (Wildman–Crippen LogP) is 3.78. The number of anilines is 1. The molecule has 5 heteroatoms. The third-order valence-corrected chi connectivity index (χ3v) is 5.09. The molecule has 0 spiro atoms. The Bertz CT molecular complexity index is 838. The van der Waals surface area contributed by atoms with Crippen LogP contribution in [0.25, 0.3) is 0 Å². The van der Waals surface area contributed by atoms with Crippen LogP contribution in [0.5, 0.6) is 0 Å². The van der Waals surface area contributed by atoms with E-state index in [-0.39, 0.29) is 30.0 Å². The number of hydrogen-bond acceptors (Lipinski definition) is 2. The third kappa shape index (κ3) is 4.54. The number of hydrogen-bond donors (Lipinski definition) is 1. The molecule has 3 rings (SSSR count). The van der Waals surface area contributed by atoms with Crippen molar-refractivity contribution in [1.29, 1.82) is 0 Å². The Morgan fingerprint density at radius 1 is 1.15 bits per heavy atom. The van der Waals surface area contributed by atoms with E-state index in [1.54, 1.807) is 17.0 Å². The van der Waals surface area contributed by atoms with Crippen molar-refractivity contribution in [2.45, 2.75) is 33.6 Å². The molecule has 1 heterocycles. The number of benzene rings is 2. The quantitative estimate of drug-likeness (QED) is 0.873. The van der Waals surface area contributed by atoms with E-state index in [9.17, 15) is 14.0 Å². The van der Waals surface area contributed by atoms with Crippen molar-refractivity contribution in [2.24, 2.45) is 5.92 Å². The topological polar surface area (TPSA) is 49.4 Å². The maximum absolute atomic E-state index is 13.0. The van der Waals surface area contributed by atoms with Crippen LogP contribution in [0.1, 0.15) is 28.7 Å². The molecule has 0 radical (unpaired) electrons. The average molecular weight is 368 g/mol. The van der Waals surface area contributed by atoms with Crippen LogP contribution in [-0.2, 0) is 16.0 Å². The average Bonchev–Trinajstić information content (AvgIpc) is 2.98. The first-order chi connectivity index (χ1) is 12.8. The summed E-state index contributed by atoms with van der Waals surface area (Å²) in [5.41, 5.74) is 5.02. The second kappa shape index (κ2) is 7.91. The SMILES string of the molecule is Cc1cc(C)c(NC(=O)C2CC(=O)N(CCc3ccc(F)cc3)C2)c(C)c1. The minimum atomic E-state index is -0.342. The molecule has 1 fully saturated rings. The van der Waals surface area contributed by atoms with Crippen molar-refractivity contribution < 1.29 is 14.0 Å². The van der Waals surface area contributed by atoms with Gasteiger partial charge in [0.1, 0.15) is 5.82 Å². The number of halogens is 1. The molecule has 0 bridgehead atoms. The van der Waals surface area contributed by atoms with Crippen molar-refractivity contribution >= 4 is 17.5 Å². The second-order valence-electron chi connectivity index (χ2n) is 7.38. The summed E-state index contributed by atoms with van der Waals surface area (Å²) >= 11 is 0. The summed E-state index contributed by atoms with van der Waals surface area (Å²) in [6.07, 6.45) is 0.885. The van der Waals surface area contributed by atoms with Crippen molar-refractivity contribution in [3.05, 3.63) is 64.5 Å². The molecule has 2 amide bonds. The first kappa shape index (κ1) is 19.1. The minimum absolute atomic E-state index is 0.00499. The normalized spacial score (nSPS) is 16.7. The molecule has 142 valence electrons. The molecule has 0 saturated carbocycles. The van der Waals surface area contributed by atoms with Gasteiger partial charge in [0, 0.05) is 25.2 Å². The van der Waals surface area contributed by atoms with Gasteiger partial charge in [0.2, 0.25) is 11.8 Å². The zero-order valence-corrected chi connectivity index (χ0v) is 16.0. The van der Waals surface area contributed by atoms with Crippen LogP contribution in [0.4, 0.5) is 10.1 Å². The lowest BCUT2D eigenvalue weighted by atomic mass is 10.0. The highest BCUT2D eigenvalue weighted by Crippen LogP contribution is 2.25. The fourth-order valence-electron chi connectivity index (χ4n) is 3.68. The lowest BCUT2D eigenvalue weighted by Gasteiger charge is -2.18. The number of carbonyl (C=O) groups is 2. The third-order valence-electron chi connectivity index (χ3n) is 5.09. The molecule has 2 aromatic rings. The molecule has 2 aromatic carbocycles. The summed E-state index contributed by atoms with van der Waals surface area (Å²) in [6.45, 7) is 6.95. The van der Waals surface area contributed by atoms with Gasteiger partial charge >= 0.3 is 0 Å². The zero-order valence-electron chi connectivity index (χ0n) is 16.0. The number of amides is 2. The number of nitrogens with one attached hydrogen (secondary N) is 1. The van der Waals surface area contributed by atoms with Crippen LogP contribution in [0.2, 0.25) is 0 Å². The van der Waals surface area contributed by atoms with E-state index in [1.807, 2.05) is 32.9 Å². The summed E-state index contributed by atoms with van der Waals surface area (Å²) in [4.78, 5) is 26.7. The highest BCUT2D eigenvalue weighted by molar-refractivity contribution is 5.98. The van der Waals surface area contributed by atoms with Gasteiger partial charge in [-0.15, -0.1) is 0 Å². The van der Waals surface area contributed by atoms with Crippen molar-refractivity contribution in [3.63, 3.8) is 0 Å². The van der Waals surface area contributed by atoms with Crippen LogP contribution in [0.3, 0.4) is 0 Å².